The second-order valence-corrected chi connectivity index (χ2v) is 8.34. The van der Waals surface area contributed by atoms with E-state index in [1.807, 2.05) is 20.8 Å². The van der Waals surface area contributed by atoms with E-state index in [1.54, 1.807) is 0 Å². The lowest BCUT2D eigenvalue weighted by molar-refractivity contribution is 0.114. The van der Waals surface area contributed by atoms with E-state index in [0.717, 1.165) is 0 Å². The van der Waals surface area contributed by atoms with Gasteiger partial charge in [-0.1, -0.05) is 32.4 Å². The Kier molecular flexibility index (Phi) is 3.57. The van der Waals surface area contributed by atoms with E-state index in [1.165, 1.54) is 12.1 Å². The highest BCUT2D eigenvalue weighted by Gasteiger charge is 2.44. The van der Waals surface area contributed by atoms with E-state index in [9.17, 15) is 17.2 Å². The monoisotopic (exact) mass is 337 g/mol. The molecular formula is C13H14ClF2NO3S. The van der Waals surface area contributed by atoms with Crippen molar-refractivity contribution in [1.29, 1.82) is 0 Å². The molecular weight excluding hydrogens is 324 g/mol. The third-order valence-electron chi connectivity index (χ3n) is 2.85. The molecule has 1 heterocycles. The van der Waals surface area contributed by atoms with Crippen molar-refractivity contribution in [2.24, 2.45) is 0 Å². The molecule has 0 atom stereocenters. The minimum absolute atomic E-state index is 0.173. The van der Waals surface area contributed by atoms with Gasteiger partial charge < -0.3 is 4.42 Å². The number of aromatic nitrogens is 1. The van der Waals surface area contributed by atoms with Crippen LogP contribution < -0.4 is 0 Å². The summed E-state index contributed by atoms with van der Waals surface area (Å²) in [6, 6.07) is 2.65. The quantitative estimate of drug-likeness (QED) is 0.825. The molecule has 0 aliphatic rings. The van der Waals surface area contributed by atoms with E-state index >= 15 is 0 Å². The Morgan fingerprint density at radius 3 is 2.24 bits per heavy atom. The number of benzene rings is 1. The Bertz CT molecular complexity index is 801. The molecule has 2 rings (SSSR count). The Morgan fingerprint density at radius 1 is 1.19 bits per heavy atom. The maximum atomic E-state index is 13.4. The van der Waals surface area contributed by atoms with Crippen LogP contribution in [0.3, 0.4) is 0 Å². The van der Waals surface area contributed by atoms with Gasteiger partial charge in [0.1, 0.15) is 10.4 Å². The smallest absolute Gasteiger partial charge is 0.347 e. The highest BCUT2D eigenvalue weighted by molar-refractivity contribution is 7.92. The van der Waals surface area contributed by atoms with Crippen molar-refractivity contribution in [3.8, 4) is 0 Å². The fourth-order valence-corrected chi connectivity index (χ4v) is 3.22. The Balaban J connectivity index is 2.87. The largest absolute Gasteiger partial charge is 0.439 e. The highest BCUT2D eigenvalue weighted by atomic mass is 35.5. The molecule has 0 fully saturated rings. The van der Waals surface area contributed by atoms with Crippen molar-refractivity contribution in [1.82, 2.24) is 4.98 Å². The van der Waals surface area contributed by atoms with Crippen LogP contribution in [0.1, 0.15) is 33.6 Å². The van der Waals surface area contributed by atoms with Gasteiger partial charge in [-0.15, -0.1) is 0 Å². The van der Waals surface area contributed by atoms with Gasteiger partial charge in [0.2, 0.25) is 15.7 Å². The standard InChI is InChI=1S/C13H14ClF2NO3S/c1-12(2,3)11-17-8-6-5-7(14)10(9(8)20-11)21(18,19)13(4,15)16/h5-6H,1-4H3. The molecule has 0 spiro atoms. The predicted molar refractivity (Wildman–Crippen MR) is 75.5 cm³/mol. The zero-order valence-electron chi connectivity index (χ0n) is 11.9. The SMILES string of the molecule is CC(C)(C)c1nc2ccc(Cl)c(S(=O)(=O)C(C)(F)F)c2o1. The summed E-state index contributed by atoms with van der Waals surface area (Å²) >= 11 is 5.82. The first-order valence-electron chi connectivity index (χ1n) is 6.07. The van der Waals surface area contributed by atoms with Crippen molar-refractivity contribution in [2.45, 2.75) is 43.3 Å². The molecule has 0 N–H and O–H groups in total. The van der Waals surface area contributed by atoms with Gasteiger partial charge in [-0.3, -0.25) is 0 Å². The number of alkyl halides is 2. The van der Waals surface area contributed by atoms with Crippen molar-refractivity contribution >= 4 is 32.5 Å². The van der Waals surface area contributed by atoms with Gasteiger partial charge in [0.25, 0.3) is 0 Å². The topological polar surface area (TPSA) is 60.2 Å². The minimum Gasteiger partial charge on any atom is -0.439 e. The Hall–Kier alpha value is -1.21. The fraction of sp³-hybridized carbons (Fsp3) is 0.462. The first-order valence-corrected chi connectivity index (χ1v) is 7.94. The normalized spacial score (nSPS) is 13.9. The molecule has 0 saturated heterocycles. The van der Waals surface area contributed by atoms with Gasteiger partial charge in [-0.05, 0) is 12.1 Å². The van der Waals surface area contributed by atoms with Crippen LogP contribution in [0, 0.1) is 0 Å². The number of oxazole rings is 1. The van der Waals surface area contributed by atoms with E-state index in [2.05, 4.69) is 4.98 Å². The molecule has 0 aliphatic carbocycles. The van der Waals surface area contributed by atoms with Crippen LogP contribution in [-0.4, -0.2) is 18.7 Å². The molecule has 0 saturated carbocycles. The predicted octanol–water partition coefficient (Wildman–Crippen LogP) is 4.17. The van der Waals surface area contributed by atoms with Crippen molar-refractivity contribution in [2.75, 3.05) is 0 Å². The van der Waals surface area contributed by atoms with Crippen LogP contribution in [0.15, 0.2) is 21.4 Å². The van der Waals surface area contributed by atoms with Gasteiger partial charge in [0, 0.05) is 12.3 Å². The van der Waals surface area contributed by atoms with Crippen LogP contribution >= 0.6 is 11.6 Å². The van der Waals surface area contributed by atoms with E-state index in [0.29, 0.717) is 6.92 Å². The zero-order chi connectivity index (χ0) is 16.2. The second-order valence-electron chi connectivity index (χ2n) is 5.81. The average Bonchev–Trinajstić information content (AvgIpc) is 2.69. The summed E-state index contributed by atoms with van der Waals surface area (Å²) in [4.78, 5) is 3.42. The molecule has 4 nitrogen and oxygen atoms in total. The molecule has 1 aromatic carbocycles. The minimum atomic E-state index is -4.96. The highest BCUT2D eigenvalue weighted by Crippen LogP contribution is 2.39. The third kappa shape index (κ3) is 2.64. The molecule has 0 unspecified atom stereocenters. The lowest BCUT2D eigenvalue weighted by atomic mass is 9.97. The molecule has 0 aliphatic heterocycles. The number of hydrogen-bond acceptors (Lipinski definition) is 4. The number of sulfone groups is 1. The summed E-state index contributed by atoms with van der Waals surface area (Å²) in [5.41, 5.74) is -0.567. The number of nitrogens with zero attached hydrogens (tertiary/aromatic N) is 1. The van der Waals surface area contributed by atoms with Gasteiger partial charge >= 0.3 is 5.25 Å². The van der Waals surface area contributed by atoms with Gasteiger partial charge in [-0.25, -0.2) is 13.4 Å². The van der Waals surface area contributed by atoms with Crippen molar-refractivity contribution < 1.29 is 21.6 Å². The molecule has 0 radical (unpaired) electrons. The summed E-state index contributed by atoms with van der Waals surface area (Å²) in [6.45, 7) is 5.73. The van der Waals surface area contributed by atoms with Crippen LogP contribution in [0.2, 0.25) is 5.02 Å². The third-order valence-corrected chi connectivity index (χ3v) is 5.16. The molecule has 2 aromatic rings. The van der Waals surface area contributed by atoms with Crippen molar-refractivity contribution in [3.63, 3.8) is 0 Å². The van der Waals surface area contributed by atoms with Gasteiger partial charge in [-0.2, -0.15) is 8.78 Å². The zero-order valence-corrected chi connectivity index (χ0v) is 13.4. The summed E-state index contributed by atoms with van der Waals surface area (Å²) < 4.78 is 56.3. The summed E-state index contributed by atoms with van der Waals surface area (Å²) in [6.07, 6.45) is 0. The lowest BCUT2D eigenvalue weighted by Gasteiger charge is -2.13. The molecule has 21 heavy (non-hydrogen) atoms. The van der Waals surface area contributed by atoms with E-state index < -0.39 is 25.4 Å². The van der Waals surface area contributed by atoms with Gasteiger partial charge in [0.05, 0.1) is 5.02 Å². The molecule has 8 heteroatoms. The number of fused-ring (bicyclic) bond motifs is 1. The Labute approximate surface area is 126 Å². The van der Waals surface area contributed by atoms with Crippen LogP contribution in [0.25, 0.3) is 11.1 Å². The van der Waals surface area contributed by atoms with Crippen LogP contribution in [-0.2, 0) is 15.3 Å². The first-order chi connectivity index (χ1) is 9.35. The maximum absolute atomic E-state index is 13.4. The van der Waals surface area contributed by atoms with Gasteiger partial charge in [0.15, 0.2) is 5.58 Å². The lowest BCUT2D eigenvalue weighted by Crippen LogP contribution is -2.25. The summed E-state index contributed by atoms with van der Waals surface area (Å²) in [5, 5.41) is -4.29. The first kappa shape index (κ1) is 16.2. The molecule has 0 amide bonds. The molecule has 1 aromatic heterocycles. The molecule has 0 bridgehead atoms. The number of hydrogen-bond donors (Lipinski definition) is 0. The van der Waals surface area contributed by atoms with E-state index in [4.69, 9.17) is 16.0 Å². The van der Waals surface area contributed by atoms with Crippen LogP contribution in [0.4, 0.5) is 8.78 Å². The Morgan fingerprint density at radius 2 is 1.76 bits per heavy atom. The molecule has 116 valence electrons. The summed E-state index contributed by atoms with van der Waals surface area (Å²) in [7, 11) is -4.96. The number of halogens is 3. The fourth-order valence-electron chi connectivity index (χ4n) is 1.69. The van der Waals surface area contributed by atoms with E-state index in [-0.39, 0.29) is 22.0 Å². The van der Waals surface area contributed by atoms with Crippen molar-refractivity contribution in [3.05, 3.63) is 23.0 Å². The maximum Gasteiger partial charge on any atom is 0.347 e. The number of rotatable bonds is 2. The van der Waals surface area contributed by atoms with Crippen LogP contribution in [0.5, 0.6) is 0 Å². The summed E-state index contributed by atoms with van der Waals surface area (Å²) in [5.74, 6) is 0.246. The second kappa shape index (κ2) is 4.64. The average molecular weight is 338 g/mol.